The van der Waals surface area contributed by atoms with E-state index in [1.54, 1.807) is 7.11 Å². The van der Waals surface area contributed by atoms with Gasteiger partial charge in [0.1, 0.15) is 12.4 Å². The van der Waals surface area contributed by atoms with Crippen LogP contribution < -0.4 is 14.8 Å². The van der Waals surface area contributed by atoms with Crippen molar-refractivity contribution >= 4 is 38.6 Å². The van der Waals surface area contributed by atoms with Crippen molar-refractivity contribution in [1.82, 2.24) is 15.3 Å². The summed E-state index contributed by atoms with van der Waals surface area (Å²) in [5.74, 6) is 2.35. The number of nitrogens with zero attached hydrogens (tertiary/aromatic N) is 1. The number of fused-ring (bicyclic) bond motifs is 1. The molecule has 0 amide bonds. The van der Waals surface area contributed by atoms with Gasteiger partial charge in [0.05, 0.1) is 18.1 Å². The number of methoxy groups -OCH3 is 1. The molecule has 5 nitrogen and oxygen atoms in total. The number of imidazole rings is 1. The van der Waals surface area contributed by atoms with Gasteiger partial charge in [0, 0.05) is 40.1 Å². The van der Waals surface area contributed by atoms with E-state index in [2.05, 4.69) is 31.2 Å². The molecule has 0 saturated carbocycles. The molecular weight excluding hydrogens is 478 g/mol. The van der Waals surface area contributed by atoms with Crippen molar-refractivity contribution in [2.24, 2.45) is 0 Å². The van der Waals surface area contributed by atoms with Crippen molar-refractivity contribution in [3.8, 4) is 11.5 Å². The summed E-state index contributed by atoms with van der Waals surface area (Å²) in [6.07, 6.45) is 0.798. The molecule has 0 bridgehead atoms. The first-order valence-electron chi connectivity index (χ1n) is 10.0. The molecule has 7 heteroatoms. The minimum atomic E-state index is 0.360. The van der Waals surface area contributed by atoms with Gasteiger partial charge in [-0.25, -0.2) is 4.98 Å². The number of halogens is 2. The van der Waals surface area contributed by atoms with E-state index >= 15 is 0 Å². The van der Waals surface area contributed by atoms with Gasteiger partial charge in [-0.1, -0.05) is 57.9 Å². The van der Waals surface area contributed by atoms with Crippen molar-refractivity contribution in [2.75, 3.05) is 13.7 Å². The summed E-state index contributed by atoms with van der Waals surface area (Å²) < 4.78 is 12.7. The third-order valence-electron chi connectivity index (χ3n) is 5.00. The Labute approximate surface area is 194 Å². The number of para-hydroxylation sites is 2. The van der Waals surface area contributed by atoms with Crippen molar-refractivity contribution < 1.29 is 9.47 Å². The van der Waals surface area contributed by atoms with Gasteiger partial charge in [-0.3, -0.25) is 0 Å². The van der Waals surface area contributed by atoms with Crippen LogP contribution in [0.25, 0.3) is 11.0 Å². The Morgan fingerprint density at radius 3 is 2.68 bits per heavy atom. The largest absolute Gasteiger partial charge is 0.493 e. The second-order valence-electron chi connectivity index (χ2n) is 7.06. The van der Waals surface area contributed by atoms with Crippen molar-refractivity contribution in [2.45, 2.75) is 19.6 Å². The van der Waals surface area contributed by atoms with Crippen LogP contribution in [0.4, 0.5) is 0 Å². The first-order chi connectivity index (χ1) is 15.2. The van der Waals surface area contributed by atoms with Gasteiger partial charge in [0.25, 0.3) is 0 Å². The number of aromatic nitrogens is 2. The lowest BCUT2D eigenvalue weighted by atomic mass is 10.1. The number of hydrogen-bond donors (Lipinski definition) is 2. The van der Waals surface area contributed by atoms with Crippen molar-refractivity contribution in [1.29, 1.82) is 0 Å². The summed E-state index contributed by atoms with van der Waals surface area (Å²) in [5.41, 5.74) is 3.97. The average molecular weight is 501 g/mol. The summed E-state index contributed by atoms with van der Waals surface area (Å²) in [7, 11) is 1.64. The Kier molecular flexibility index (Phi) is 7.12. The van der Waals surface area contributed by atoms with E-state index in [1.807, 2.05) is 60.7 Å². The molecule has 4 rings (SSSR count). The lowest BCUT2D eigenvalue weighted by Crippen LogP contribution is -2.18. The van der Waals surface area contributed by atoms with Gasteiger partial charge < -0.3 is 19.8 Å². The first kappa shape index (κ1) is 21.7. The number of benzene rings is 3. The van der Waals surface area contributed by atoms with E-state index in [-0.39, 0.29) is 0 Å². The summed E-state index contributed by atoms with van der Waals surface area (Å²) >= 11 is 9.93. The number of aromatic amines is 1. The molecule has 0 aliphatic heterocycles. The summed E-state index contributed by atoms with van der Waals surface area (Å²) in [5, 5.41) is 4.17. The molecule has 0 spiro atoms. The molecule has 31 heavy (non-hydrogen) atoms. The Morgan fingerprint density at radius 1 is 1.06 bits per heavy atom. The van der Waals surface area contributed by atoms with Crippen LogP contribution in [0.1, 0.15) is 17.0 Å². The standard InChI is InChI=1S/C24H23BrClN3O2/c1-30-22-11-10-18(25)17(24(22)31-15-16-6-2-3-7-19(16)26)14-27-13-12-23-28-20-8-4-5-9-21(20)29-23/h2-11,27H,12-15H2,1H3,(H,28,29). The first-order valence-corrected chi connectivity index (χ1v) is 11.2. The van der Waals surface area contributed by atoms with Crippen LogP contribution in [-0.4, -0.2) is 23.6 Å². The van der Waals surface area contributed by atoms with Crippen LogP contribution in [0.3, 0.4) is 0 Å². The summed E-state index contributed by atoms with van der Waals surface area (Å²) in [6, 6.07) is 19.6. The smallest absolute Gasteiger partial charge is 0.167 e. The molecule has 1 aromatic heterocycles. The van der Waals surface area contributed by atoms with Gasteiger partial charge >= 0.3 is 0 Å². The lowest BCUT2D eigenvalue weighted by molar-refractivity contribution is 0.280. The predicted molar refractivity (Wildman–Crippen MR) is 128 cm³/mol. The second-order valence-corrected chi connectivity index (χ2v) is 8.33. The summed E-state index contributed by atoms with van der Waals surface area (Å²) in [6.45, 7) is 1.75. The van der Waals surface area contributed by atoms with Gasteiger partial charge in [0.15, 0.2) is 11.5 Å². The van der Waals surface area contributed by atoms with Crippen LogP contribution >= 0.6 is 27.5 Å². The molecule has 0 saturated heterocycles. The van der Waals surface area contributed by atoms with Crippen molar-refractivity contribution in [3.63, 3.8) is 0 Å². The molecule has 2 N–H and O–H groups in total. The number of ether oxygens (including phenoxy) is 2. The van der Waals surface area contributed by atoms with Crippen LogP contribution in [0.2, 0.25) is 5.02 Å². The molecule has 0 unspecified atom stereocenters. The number of rotatable bonds is 9. The van der Waals surface area contributed by atoms with E-state index in [4.69, 9.17) is 21.1 Å². The molecule has 4 aromatic rings. The highest BCUT2D eigenvalue weighted by atomic mass is 79.9. The highest BCUT2D eigenvalue weighted by molar-refractivity contribution is 9.10. The Hall–Kier alpha value is -2.54. The molecule has 0 aliphatic rings. The highest BCUT2D eigenvalue weighted by Gasteiger charge is 2.15. The third-order valence-corrected chi connectivity index (χ3v) is 6.11. The minimum absolute atomic E-state index is 0.360. The fourth-order valence-corrected chi connectivity index (χ4v) is 4.02. The lowest BCUT2D eigenvalue weighted by Gasteiger charge is -2.17. The zero-order valence-corrected chi connectivity index (χ0v) is 19.5. The van der Waals surface area contributed by atoms with E-state index in [1.165, 1.54) is 0 Å². The monoisotopic (exact) mass is 499 g/mol. The van der Waals surface area contributed by atoms with Crippen molar-refractivity contribution in [3.05, 3.63) is 87.1 Å². The number of hydrogen-bond acceptors (Lipinski definition) is 4. The zero-order valence-electron chi connectivity index (χ0n) is 17.1. The average Bonchev–Trinajstić information content (AvgIpc) is 3.20. The maximum atomic E-state index is 6.28. The fraction of sp³-hybridized carbons (Fsp3) is 0.208. The number of nitrogens with one attached hydrogen (secondary N) is 2. The maximum Gasteiger partial charge on any atom is 0.167 e. The SMILES string of the molecule is COc1ccc(Br)c(CNCCc2nc3ccccc3[nH]2)c1OCc1ccccc1Cl. The normalized spacial score (nSPS) is 11.1. The quantitative estimate of drug-likeness (QED) is 0.281. The molecule has 0 atom stereocenters. The van der Waals surface area contributed by atoms with E-state index < -0.39 is 0 Å². The Bertz CT molecular complexity index is 1150. The Balaban J connectivity index is 1.43. The fourth-order valence-electron chi connectivity index (χ4n) is 3.38. The molecular formula is C24H23BrClN3O2. The van der Waals surface area contributed by atoms with E-state index in [0.29, 0.717) is 29.7 Å². The van der Waals surface area contributed by atoms with Crippen LogP contribution in [0, 0.1) is 0 Å². The molecule has 160 valence electrons. The minimum Gasteiger partial charge on any atom is -0.493 e. The Morgan fingerprint density at radius 2 is 1.87 bits per heavy atom. The van der Waals surface area contributed by atoms with Gasteiger partial charge in [-0.05, 0) is 30.3 Å². The third kappa shape index (κ3) is 5.21. The molecule has 1 heterocycles. The summed E-state index contributed by atoms with van der Waals surface area (Å²) in [4.78, 5) is 7.99. The van der Waals surface area contributed by atoms with Gasteiger partial charge in [-0.15, -0.1) is 0 Å². The van der Waals surface area contributed by atoms with Gasteiger partial charge in [0.2, 0.25) is 0 Å². The van der Waals surface area contributed by atoms with Crippen LogP contribution in [0.5, 0.6) is 11.5 Å². The topological polar surface area (TPSA) is 59.2 Å². The maximum absolute atomic E-state index is 6.28. The molecule has 3 aromatic carbocycles. The highest BCUT2D eigenvalue weighted by Crippen LogP contribution is 2.37. The molecule has 0 radical (unpaired) electrons. The zero-order chi connectivity index (χ0) is 21.6. The van der Waals surface area contributed by atoms with E-state index in [0.717, 1.165) is 45.4 Å². The second kappa shape index (κ2) is 10.2. The predicted octanol–water partition coefficient (Wildman–Crippen LogP) is 5.90. The van der Waals surface area contributed by atoms with E-state index in [9.17, 15) is 0 Å². The van der Waals surface area contributed by atoms with Crippen LogP contribution in [0.15, 0.2) is 65.1 Å². The molecule has 0 fully saturated rings. The number of H-pyrrole nitrogens is 1. The van der Waals surface area contributed by atoms with Gasteiger partial charge in [-0.2, -0.15) is 0 Å². The van der Waals surface area contributed by atoms with Crippen LogP contribution in [-0.2, 0) is 19.6 Å². The molecule has 0 aliphatic carbocycles.